The highest BCUT2D eigenvalue weighted by Gasteiger charge is 2.26. The molecule has 0 radical (unpaired) electrons. The summed E-state index contributed by atoms with van der Waals surface area (Å²) in [5.41, 5.74) is 7.80. The molecule has 1 unspecified atom stereocenters. The van der Waals surface area contributed by atoms with Gasteiger partial charge in [0, 0.05) is 37.0 Å². The molecule has 6 heteroatoms. The smallest absolute Gasteiger partial charge is 0.241 e. The van der Waals surface area contributed by atoms with Crippen LogP contribution in [0.3, 0.4) is 0 Å². The molecule has 0 aliphatic carbocycles. The van der Waals surface area contributed by atoms with Crippen LogP contribution in [0.1, 0.15) is 12.8 Å². The van der Waals surface area contributed by atoms with Gasteiger partial charge in [0.15, 0.2) is 0 Å². The minimum absolute atomic E-state index is 0.137. The summed E-state index contributed by atoms with van der Waals surface area (Å²) in [4.78, 5) is 16.2. The van der Waals surface area contributed by atoms with Gasteiger partial charge in [0.25, 0.3) is 0 Å². The number of amides is 1. The van der Waals surface area contributed by atoms with Crippen LogP contribution in [0.25, 0.3) is 5.69 Å². The maximum Gasteiger partial charge on any atom is 0.241 e. The lowest BCUT2D eigenvalue weighted by Crippen LogP contribution is -2.43. The van der Waals surface area contributed by atoms with Gasteiger partial charge in [-0.2, -0.15) is 0 Å². The van der Waals surface area contributed by atoms with Gasteiger partial charge in [-0.3, -0.25) is 4.79 Å². The van der Waals surface area contributed by atoms with Crippen molar-refractivity contribution in [3.05, 3.63) is 43.0 Å². The Kier molecular flexibility index (Phi) is 4.50. The Morgan fingerprint density at radius 3 is 2.68 bits per heavy atom. The van der Waals surface area contributed by atoms with E-state index in [4.69, 9.17) is 10.5 Å². The lowest BCUT2D eigenvalue weighted by Gasteiger charge is -2.26. The largest absolute Gasteiger partial charge is 0.381 e. The molecule has 2 heterocycles. The number of aromatic nitrogens is 2. The summed E-state index contributed by atoms with van der Waals surface area (Å²) in [7, 11) is 0. The Morgan fingerprint density at radius 2 is 2.05 bits per heavy atom. The van der Waals surface area contributed by atoms with Gasteiger partial charge in [-0.05, 0) is 43.0 Å². The van der Waals surface area contributed by atoms with Gasteiger partial charge < -0.3 is 20.4 Å². The molecule has 1 aliphatic heterocycles. The number of hydrogen-bond acceptors (Lipinski definition) is 4. The molecule has 3 N–H and O–H groups in total. The van der Waals surface area contributed by atoms with Crippen LogP contribution in [-0.2, 0) is 9.53 Å². The zero-order valence-corrected chi connectivity index (χ0v) is 12.3. The predicted octanol–water partition coefficient (Wildman–Crippen LogP) is 1.56. The van der Waals surface area contributed by atoms with Crippen molar-refractivity contribution in [2.75, 3.05) is 18.5 Å². The molecule has 1 amide bonds. The topological polar surface area (TPSA) is 82.2 Å². The number of carbonyl (C=O) groups excluding carboxylic acids is 1. The van der Waals surface area contributed by atoms with Crippen LogP contribution in [-0.4, -0.2) is 34.7 Å². The van der Waals surface area contributed by atoms with Crippen molar-refractivity contribution in [3.8, 4) is 5.69 Å². The molecule has 1 aromatic heterocycles. The van der Waals surface area contributed by atoms with Crippen LogP contribution in [0.4, 0.5) is 5.69 Å². The van der Waals surface area contributed by atoms with E-state index in [0.717, 1.165) is 24.2 Å². The molecule has 1 saturated heterocycles. The summed E-state index contributed by atoms with van der Waals surface area (Å²) in [6, 6.07) is 7.10. The Bertz CT molecular complexity index is 604. The van der Waals surface area contributed by atoms with Crippen LogP contribution in [0, 0.1) is 5.92 Å². The maximum atomic E-state index is 12.2. The molecule has 1 aliphatic rings. The molecule has 116 valence electrons. The maximum absolute atomic E-state index is 12.2. The molecule has 2 aromatic rings. The number of rotatable bonds is 4. The second kappa shape index (κ2) is 6.72. The number of imidazole rings is 1. The molecule has 0 spiro atoms. The van der Waals surface area contributed by atoms with Crippen LogP contribution in [0.2, 0.25) is 0 Å². The van der Waals surface area contributed by atoms with E-state index in [1.165, 1.54) is 0 Å². The molecule has 0 bridgehead atoms. The van der Waals surface area contributed by atoms with Crippen molar-refractivity contribution in [1.29, 1.82) is 0 Å². The highest BCUT2D eigenvalue weighted by Crippen LogP contribution is 2.19. The Balaban J connectivity index is 1.61. The SMILES string of the molecule is NC(C(=O)Nc1ccc(-n2ccnc2)cc1)C1CCOCC1. The van der Waals surface area contributed by atoms with Crippen LogP contribution < -0.4 is 11.1 Å². The summed E-state index contributed by atoms with van der Waals surface area (Å²) < 4.78 is 7.20. The lowest BCUT2D eigenvalue weighted by molar-refractivity contribution is -0.119. The standard InChI is InChI=1S/C16H20N4O2/c17-15(12-5-9-22-10-6-12)16(21)19-13-1-3-14(4-2-13)20-8-7-18-11-20/h1-4,7-8,11-12,15H,5-6,9-10,17H2,(H,19,21). The number of nitrogens with two attached hydrogens (primary N) is 1. The summed E-state index contributed by atoms with van der Waals surface area (Å²) in [6.45, 7) is 1.37. The lowest BCUT2D eigenvalue weighted by atomic mass is 9.92. The van der Waals surface area contributed by atoms with E-state index in [-0.39, 0.29) is 11.8 Å². The van der Waals surface area contributed by atoms with Gasteiger partial charge in [0.05, 0.1) is 12.4 Å². The first-order valence-electron chi connectivity index (χ1n) is 7.46. The van der Waals surface area contributed by atoms with Crippen LogP contribution >= 0.6 is 0 Å². The first kappa shape index (κ1) is 14.7. The summed E-state index contributed by atoms with van der Waals surface area (Å²) in [6.07, 6.45) is 7.01. The molecule has 1 atom stereocenters. The van der Waals surface area contributed by atoms with E-state index in [0.29, 0.717) is 13.2 Å². The first-order chi connectivity index (χ1) is 10.7. The van der Waals surface area contributed by atoms with E-state index >= 15 is 0 Å². The quantitative estimate of drug-likeness (QED) is 0.898. The van der Waals surface area contributed by atoms with Gasteiger partial charge in [0.2, 0.25) is 5.91 Å². The molecule has 1 aromatic carbocycles. The average Bonchev–Trinajstić information content (AvgIpc) is 3.10. The Morgan fingerprint density at radius 1 is 1.32 bits per heavy atom. The van der Waals surface area contributed by atoms with E-state index in [1.807, 2.05) is 35.0 Å². The number of ether oxygens (including phenoxy) is 1. The van der Waals surface area contributed by atoms with E-state index in [1.54, 1.807) is 12.5 Å². The van der Waals surface area contributed by atoms with Gasteiger partial charge in [-0.25, -0.2) is 4.98 Å². The van der Waals surface area contributed by atoms with Crippen molar-refractivity contribution in [1.82, 2.24) is 9.55 Å². The Labute approximate surface area is 129 Å². The third kappa shape index (κ3) is 3.35. The summed E-state index contributed by atoms with van der Waals surface area (Å²) in [5, 5.41) is 2.88. The van der Waals surface area contributed by atoms with Crippen molar-refractivity contribution in [2.24, 2.45) is 11.7 Å². The fraction of sp³-hybridized carbons (Fsp3) is 0.375. The second-order valence-corrected chi connectivity index (χ2v) is 5.48. The zero-order chi connectivity index (χ0) is 15.4. The van der Waals surface area contributed by atoms with E-state index < -0.39 is 6.04 Å². The summed E-state index contributed by atoms with van der Waals surface area (Å²) >= 11 is 0. The molecular formula is C16H20N4O2. The highest BCUT2D eigenvalue weighted by molar-refractivity contribution is 5.94. The van der Waals surface area contributed by atoms with Gasteiger partial charge in [-0.1, -0.05) is 0 Å². The molecule has 1 fully saturated rings. The van der Waals surface area contributed by atoms with Crippen LogP contribution in [0.5, 0.6) is 0 Å². The zero-order valence-electron chi connectivity index (χ0n) is 12.3. The average molecular weight is 300 g/mol. The predicted molar refractivity (Wildman–Crippen MR) is 83.7 cm³/mol. The number of nitrogens with zero attached hydrogens (tertiary/aromatic N) is 2. The second-order valence-electron chi connectivity index (χ2n) is 5.48. The van der Waals surface area contributed by atoms with Crippen molar-refractivity contribution in [2.45, 2.75) is 18.9 Å². The van der Waals surface area contributed by atoms with Gasteiger partial charge >= 0.3 is 0 Å². The number of anilines is 1. The minimum Gasteiger partial charge on any atom is -0.381 e. The Hall–Kier alpha value is -2.18. The molecule has 0 saturated carbocycles. The highest BCUT2D eigenvalue weighted by atomic mass is 16.5. The number of hydrogen-bond donors (Lipinski definition) is 2. The van der Waals surface area contributed by atoms with Crippen molar-refractivity contribution in [3.63, 3.8) is 0 Å². The third-order valence-electron chi connectivity index (χ3n) is 4.01. The summed E-state index contributed by atoms with van der Waals surface area (Å²) in [5.74, 6) is 0.0567. The fourth-order valence-corrected chi connectivity index (χ4v) is 2.64. The number of benzene rings is 1. The number of nitrogens with one attached hydrogen (secondary N) is 1. The molecular weight excluding hydrogens is 280 g/mol. The van der Waals surface area contributed by atoms with Gasteiger partial charge in [-0.15, -0.1) is 0 Å². The molecule has 22 heavy (non-hydrogen) atoms. The molecule has 6 nitrogen and oxygen atoms in total. The van der Waals surface area contributed by atoms with E-state index in [9.17, 15) is 4.79 Å². The normalized spacial score (nSPS) is 17.1. The fourth-order valence-electron chi connectivity index (χ4n) is 2.64. The van der Waals surface area contributed by atoms with Crippen LogP contribution in [0.15, 0.2) is 43.0 Å². The molecule has 3 rings (SSSR count). The van der Waals surface area contributed by atoms with E-state index in [2.05, 4.69) is 10.3 Å². The van der Waals surface area contributed by atoms with Gasteiger partial charge in [0.1, 0.15) is 0 Å². The minimum atomic E-state index is -0.489. The first-order valence-corrected chi connectivity index (χ1v) is 7.46. The van der Waals surface area contributed by atoms with Crippen molar-refractivity contribution < 1.29 is 9.53 Å². The third-order valence-corrected chi connectivity index (χ3v) is 4.01. The monoisotopic (exact) mass is 300 g/mol. The van der Waals surface area contributed by atoms with Crippen molar-refractivity contribution >= 4 is 11.6 Å². The number of carbonyl (C=O) groups is 1.